The van der Waals surface area contributed by atoms with Crippen LogP contribution in [0.4, 0.5) is 5.69 Å². The average molecular weight is 347 g/mol. The third kappa shape index (κ3) is 6.23. The molecule has 5 nitrogen and oxygen atoms in total. The number of sulfonamides is 1. The summed E-state index contributed by atoms with van der Waals surface area (Å²) < 4.78 is 25.1. The standard InChI is InChI=1S/C15H23ClN2O3S/c1-4-12(2)17-15(19)9-6-10-18(22(3,20)21)14-8-5-7-13(16)11-14/h5,7-8,11-12H,4,6,9-10H2,1-3H3,(H,17,19)/t12-/m1/s1. The minimum Gasteiger partial charge on any atom is -0.354 e. The van der Waals surface area contributed by atoms with Gasteiger partial charge in [0, 0.05) is 24.0 Å². The lowest BCUT2D eigenvalue weighted by molar-refractivity contribution is -0.121. The number of nitrogens with one attached hydrogen (secondary N) is 1. The maximum Gasteiger partial charge on any atom is 0.232 e. The van der Waals surface area contributed by atoms with Crippen LogP contribution in [0.5, 0.6) is 0 Å². The summed E-state index contributed by atoms with van der Waals surface area (Å²) in [6, 6.07) is 6.80. The number of carbonyl (C=O) groups excluding carboxylic acids is 1. The third-order valence-corrected chi connectivity index (χ3v) is 4.71. The molecule has 0 aliphatic carbocycles. The van der Waals surface area contributed by atoms with E-state index in [0.717, 1.165) is 12.7 Å². The van der Waals surface area contributed by atoms with E-state index in [1.807, 2.05) is 13.8 Å². The van der Waals surface area contributed by atoms with Crippen molar-refractivity contribution in [3.8, 4) is 0 Å². The summed E-state index contributed by atoms with van der Waals surface area (Å²) in [4.78, 5) is 11.7. The maximum atomic E-state index is 11.9. The zero-order chi connectivity index (χ0) is 16.8. The van der Waals surface area contributed by atoms with Gasteiger partial charge in [0.05, 0.1) is 11.9 Å². The van der Waals surface area contributed by atoms with Gasteiger partial charge in [-0.3, -0.25) is 9.10 Å². The largest absolute Gasteiger partial charge is 0.354 e. The summed E-state index contributed by atoms with van der Waals surface area (Å²) in [5.41, 5.74) is 0.511. The predicted molar refractivity (Wildman–Crippen MR) is 90.8 cm³/mol. The zero-order valence-corrected chi connectivity index (χ0v) is 14.7. The van der Waals surface area contributed by atoms with Crippen LogP contribution in [0.3, 0.4) is 0 Å². The molecule has 0 fully saturated rings. The Morgan fingerprint density at radius 3 is 2.64 bits per heavy atom. The number of anilines is 1. The molecule has 1 atom stereocenters. The zero-order valence-electron chi connectivity index (χ0n) is 13.2. The van der Waals surface area contributed by atoms with Crippen LogP contribution >= 0.6 is 11.6 Å². The van der Waals surface area contributed by atoms with Gasteiger partial charge in [-0.25, -0.2) is 8.42 Å². The highest BCUT2D eigenvalue weighted by atomic mass is 35.5. The van der Waals surface area contributed by atoms with Gasteiger partial charge in [-0.1, -0.05) is 24.6 Å². The molecular weight excluding hydrogens is 324 g/mol. The lowest BCUT2D eigenvalue weighted by Gasteiger charge is -2.22. The van der Waals surface area contributed by atoms with Crippen LogP contribution in [0, 0.1) is 0 Å². The minimum atomic E-state index is -3.42. The molecule has 22 heavy (non-hydrogen) atoms. The van der Waals surface area contributed by atoms with E-state index in [-0.39, 0.29) is 24.9 Å². The Morgan fingerprint density at radius 1 is 1.41 bits per heavy atom. The van der Waals surface area contributed by atoms with Crippen LogP contribution in [0.1, 0.15) is 33.1 Å². The molecular formula is C15H23ClN2O3S. The molecule has 0 aliphatic heterocycles. The lowest BCUT2D eigenvalue weighted by Crippen LogP contribution is -2.34. The van der Waals surface area contributed by atoms with Crippen LogP contribution < -0.4 is 9.62 Å². The first-order chi connectivity index (χ1) is 10.2. The van der Waals surface area contributed by atoms with E-state index in [0.29, 0.717) is 17.1 Å². The van der Waals surface area contributed by atoms with Crippen molar-refractivity contribution in [2.24, 2.45) is 0 Å². The van der Waals surface area contributed by atoms with Crippen molar-refractivity contribution in [2.75, 3.05) is 17.1 Å². The second-order valence-corrected chi connectivity index (χ2v) is 7.64. The van der Waals surface area contributed by atoms with Crippen LogP contribution in [0.2, 0.25) is 5.02 Å². The Bertz CT molecular complexity index is 605. The van der Waals surface area contributed by atoms with Crippen molar-refractivity contribution in [3.63, 3.8) is 0 Å². The maximum absolute atomic E-state index is 11.9. The van der Waals surface area contributed by atoms with Crippen molar-refractivity contribution >= 4 is 33.2 Å². The normalized spacial score (nSPS) is 12.7. The highest BCUT2D eigenvalue weighted by Crippen LogP contribution is 2.22. The van der Waals surface area contributed by atoms with Crippen molar-refractivity contribution in [1.29, 1.82) is 0 Å². The van der Waals surface area contributed by atoms with Gasteiger partial charge in [0.2, 0.25) is 15.9 Å². The molecule has 0 heterocycles. The number of hydrogen-bond acceptors (Lipinski definition) is 3. The van der Waals surface area contributed by atoms with Gasteiger partial charge in [-0.2, -0.15) is 0 Å². The fraction of sp³-hybridized carbons (Fsp3) is 0.533. The number of amides is 1. The molecule has 0 saturated carbocycles. The average Bonchev–Trinajstić information content (AvgIpc) is 2.42. The molecule has 0 aromatic heterocycles. The van der Waals surface area contributed by atoms with E-state index in [4.69, 9.17) is 11.6 Å². The fourth-order valence-corrected chi connectivity index (χ4v) is 3.09. The molecule has 1 aromatic rings. The fourth-order valence-electron chi connectivity index (χ4n) is 1.95. The molecule has 1 rings (SSSR count). The summed E-state index contributed by atoms with van der Waals surface area (Å²) in [6.45, 7) is 4.18. The van der Waals surface area contributed by atoms with Crippen molar-refractivity contribution in [3.05, 3.63) is 29.3 Å². The van der Waals surface area contributed by atoms with Gasteiger partial charge in [-0.05, 0) is 38.0 Å². The molecule has 0 saturated heterocycles. The first kappa shape index (κ1) is 18.8. The summed E-state index contributed by atoms with van der Waals surface area (Å²) in [7, 11) is -3.42. The van der Waals surface area contributed by atoms with Gasteiger partial charge >= 0.3 is 0 Å². The van der Waals surface area contributed by atoms with Gasteiger partial charge < -0.3 is 5.32 Å². The Labute approximate surface area is 137 Å². The molecule has 7 heteroatoms. The van der Waals surface area contributed by atoms with E-state index in [2.05, 4.69) is 5.32 Å². The van der Waals surface area contributed by atoms with Crippen molar-refractivity contribution in [1.82, 2.24) is 5.32 Å². The molecule has 0 unspecified atom stereocenters. The quantitative estimate of drug-likeness (QED) is 0.787. The Balaban J connectivity index is 2.67. The van der Waals surface area contributed by atoms with Crippen LogP contribution in [0.15, 0.2) is 24.3 Å². The van der Waals surface area contributed by atoms with E-state index >= 15 is 0 Å². The Kier molecular flexibility index (Phi) is 7.16. The Hall–Kier alpha value is -1.27. The number of hydrogen-bond donors (Lipinski definition) is 1. The number of nitrogens with zero attached hydrogens (tertiary/aromatic N) is 1. The first-order valence-corrected chi connectivity index (χ1v) is 9.49. The first-order valence-electron chi connectivity index (χ1n) is 7.26. The van der Waals surface area contributed by atoms with E-state index in [1.165, 1.54) is 4.31 Å². The molecule has 0 aliphatic rings. The van der Waals surface area contributed by atoms with Gasteiger partial charge in [-0.15, -0.1) is 0 Å². The second kappa shape index (κ2) is 8.39. The number of halogens is 1. The highest BCUT2D eigenvalue weighted by Gasteiger charge is 2.18. The van der Waals surface area contributed by atoms with E-state index < -0.39 is 10.0 Å². The van der Waals surface area contributed by atoms with Gasteiger partial charge in [0.1, 0.15) is 0 Å². The Morgan fingerprint density at radius 2 is 2.09 bits per heavy atom. The van der Waals surface area contributed by atoms with Crippen molar-refractivity contribution < 1.29 is 13.2 Å². The van der Waals surface area contributed by atoms with E-state index in [9.17, 15) is 13.2 Å². The minimum absolute atomic E-state index is 0.0612. The smallest absolute Gasteiger partial charge is 0.232 e. The summed E-state index contributed by atoms with van der Waals surface area (Å²) in [6.07, 6.45) is 2.75. The highest BCUT2D eigenvalue weighted by molar-refractivity contribution is 7.92. The molecule has 0 radical (unpaired) electrons. The topological polar surface area (TPSA) is 66.5 Å². The van der Waals surface area contributed by atoms with Crippen LogP contribution in [-0.2, 0) is 14.8 Å². The van der Waals surface area contributed by atoms with Gasteiger partial charge in [0.15, 0.2) is 0 Å². The molecule has 1 aromatic carbocycles. The predicted octanol–water partition coefficient (Wildman–Crippen LogP) is 2.80. The van der Waals surface area contributed by atoms with Crippen molar-refractivity contribution in [2.45, 2.75) is 39.2 Å². The van der Waals surface area contributed by atoms with Gasteiger partial charge in [0.25, 0.3) is 0 Å². The molecule has 1 N–H and O–H groups in total. The SMILES string of the molecule is CC[C@@H](C)NC(=O)CCCN(c1cccc(Cl)c1)S(C)(=O)=O. The summed E-state index contributed by atoms with van der Waals surface area (Å²) in [5, 5.41) is 3.34. The number of benzene rings is 1. The van der Waals surface area contributed by atoms with E-state index in [1.54, 1.807) is 24.3 Å². The molecule has 1 amide bonds. The third-order valence-electron chi connectivity index (χ3n) is 3.28. The monoisotopic (exact) mass is 346 g/mol. The number of rotatable bonds is 8. The number of carbonyl (C=O) groups is 1. The lowest BCUT2D eigenvalue weighted by atomic mass is 10.2. The molecule has 0 spiro atoms. The van der Waals surface area contributed by atoms with Crippen LogP contribution in [0.25, 0.3) is 0 Å². The molecule has 0 bridgehead atoms. The second-order valence-electron chi connectivity index (χ2n) is 5.30. The molecule has 124 valence electrons. The summed E-state index contributed by atoms with van der Waals surface area (Å²) in [5.74, 6) is -0.0612. The van der Waals surface area contributed by atoms with Crippen LogP contribution in [-0.4, -0.2) is 33.2 Å². The summed E-state index contributed by atoms with van der Waals surface area (Å²) >= 11 is 5.91.